The first kappa shape index (κ1) is 10.0. The highest BCUT2D eigenvalue weighted by Gasteiger charge is 2.22. The number of hydrogen-bond acceptors (Lipinski definition) is 4. The Hall–Kier alpha value is -1.49. The molecule has 15 heavy (non-hydrogen) atoms. The summed E-state index contributed by atoms with van der Waals surface area (Å²) in [5, 5.41) is 8.03. The third-order valence-electron chi connectivity index (χ3n) is 2.35. The van der Waals surface area contributed by atoms with Gasteiger partial charge in [0.2, 0.25) is 0 Å². The van der Waals surface area contributed by atoms with E-state index in [9.17, 15) is 0 Å². The molecule has 2 rings (SSSR count). The molecule has 5 heteroatoms. The zero-order valence-electron chi connectivity index (χ0n) is 8.99. The molecule has 0 unspecified atom stereocenters. The van der Waals surface area contributed by atoms with Crippen LogP contribution in [0.5, 0.6) is 0 Å². The predicted octanol–water partition coefficient (Wildman–Crippen LogP) is 0.466. The van der Waals surface area contributed by atoms with E-state index in [1.807, 2.05) is 19.9 Å². The van der Waals surface area contributed by atoms with Crippen molar-refractivity contribution in [2.45, 2.75) is 32.7 Å². The van der Waals surface area contributed by atoms with Crippen molar-refractivity contribution < 1.29 is 0 Å². The van der Waals surface area contributed by atoms with Crippen LogP contribution in [0.25, 0.3) is 0 Å². The van der Waals surface area contributed by atoms with E-state index in [0.717, 1.165) is 29.8 Å². The van der Waals surface area contributed by atoms with Gasteiger partial charge >= 0.3 is 0 Å². The standard InChI is InChI=1S/C10H15N5/c1-6-5-9(7(2)15-14-6)10(13-11)12-8-3-4-8/h5,8H,3-4,11H2,1-2H3,(H,12,13). The second kappa shape index (κ2) is 3.94. The van der Waals surface area contributed by atoms with Crippen LogP contribution in [-0.4, -0.2) is 22.1 Å². The number of nitrogens with zero attached hydrogens (tertiary/aromatic N) is 3. The van der Waals surface area contributed by atoms with Crippen molar-refractivity contribution in [2.75, 3.05) is 0 Å². The first-order valence-electron chi connectivity index (χ1n) is 5.06. The summed E-state index contributed by atoms with van der Waals surface area (Å²) in [7, 11) is 0. The Morgan fingerprint density at radius 2 is 2.20 bits per heavy atom. The minimum Gasteiger partial charge on any atom is -0.308 e. The molecule has 0 amide bonds. The van der Waals surface area contributed by atoms with Gasteiger partial charge < -0.3 is 5.43 Å². The number of rotatable bonds is 2. The third-order valence-corrected chi connectivity index (χ3v) is 2.35. The van der Waals surface area contributed by atoms with Gasteiger partial charge in [0.05, 0.1) is 17.4 Å². The first-order valence-corrected chi connectivity index (χ1v) is 5.06. The number of nitrogens with one attached hydrogen (secondary N) is 1. The number of hydrazine groups is 1. The lowest BCUT2D eigenvalue weighted by molar-refractivity contribution is 0.916. The van der Waals surface area contributed by atoms with Gasteiger partial charge in [-0.15, -0.1) is 0 Å². The Morgan fingerprint density at radius 1 is 1.47 bits per heavy atom. The average molecular weight is 205 g/mol. The molecular weight excluding hydrogens is 190 g/mol. The summed E-state index contributed by atoms with van der Waals surface area (Å²) in [5.41, 5.74) is 5.30. The van der Waals surface area contributed by atoms with Crippen molar-refractivity contribution in [2.24, 2.45) is 10.8 Å². The van der Waals surface area contributed by atoms with Crippen molar-refractivity contribution in [1.82, 2.24) is 15.6 Å². The van der Waals surface area contributed by atoms with Crippen molar-refractivity contribution in [1.29, 1.82) is 0 Å². The minimum atomic E-state index is 0.434. The molecule has 1 aliphatic carbocycles. The highest BCUT2D eigenvalue weighted by molar-refractivity contribution is 5.99. The van der Waals surface area contributed by atoms with E-state index < -0.39 is 0 Å². The molecule has 5 nitrogen and oxygen atoms in total. The van der Waals surface area contributed by atoms with Gasteiger partial charge in [-0.3, -0.25) is 4.99 Å². The molecule has 0 radical (unpaired) electrons. The topological polar surface area (TPSA) is 76.2 Å². The maximum absolute atomic E-state index is 5.47. The van der Waals surface area contributed by atoms with Gasteiger partial charge in [-0.05, 0) is 32.8 Å². The summed E-state index contributed by atoms with van der Waals surface area (Å²) in [4.78, 5) is 4.49. The summed E-state index contributed by atoms with van der Waals surface area (Å²) < 4.78 is 0. The van der Waals surface area contributed by atoms with E-state index in [2.05, 4.69) is 20.6 Å². The SMILES string of the molecule is Cc1cc(C(=NC2CC2)NN)c(C)nn1. The average Bonchev–Trinajstić information content (AvgIpc) is 3.02. The van der Waals surface area contributed by atoms with Crippen LogP contribution in [0.15, 0.2) is 11.1 Å². The zero-order valence-corrected chi connectivity index (χ0v) is 8.99. The lowest BCUT2D eigenvalue weighted by Crippen LogP contribution is -2.32. The molecule has 0 aliphatic heterocycles. The van der Waals surface area contributed by atoms with Crippen LogP contribution in [-0.2, 0) is 0 Å². The van der Waals surface area contributed by atoms with E-state index >= 15 is 0 Å². The number of hydrogen-bond donors (Lipinski definition) is 2. The van der Waals surface area contributed by atoms with Gasteiger partial charge in [0, 0.05) is 5.56 Å². The van der Waals surface area contributed by atoms with Crippen LogP contribution >= 0.6 is 0 Å². The molecule has 0 saturated heterocycles. The van der Waals surface area contributed by atoms with Gasteiger partial charge in [0.1, 0.15) is 5.84 Å². The fourth-order valence-electron chi connectivity index (χ4n) is 1.36. The molecule has 0 atom stereocenters. The highest BCUT2D eigenvalue weighted by atomic mass is 15.3. The second-order valence-corrected chi connectivity index (χ2v) is 3.84. The Balaban J connectivity index is 2.36. The lowest BCUT2D eigenvalue weighted by atomic mass is 10.2. The summed E-state index contributed by atoms with van der Waals surface area (Å²) in [6.45, 7) is 3.81. The number of aliphatic imine (C=N–C) groups is 1. The molecule has 1 aliphatic rings. The molecule has 0 spiro atoms. The quantitative estimate of drug-likeness (QED) is 0.318. The normalized spacial score (nSPS) is 16.6. The van der Waals surface area contributed by atoms with Crippen LogP contribution in [0.2, 0.25) is 0 Å². The smallest absolute Gasteiger partial charge is 0.144 e. The molecule has 1 aromatic heterocycles. The number of amidine groups is 1. The first-order chi connectivity index (χ1) is 7.20. The molecule has 1 saturated carbocycles. The van der Waals surface area contributed by atoms with Crippen molar-refractivity contribution in [3.8, 4) is 0 Å². The Labute approximate surface area is 88.8 Å². The van der Waals surface area contributed by atoms with Gasteiger partial charge in [0.25, 0.3) is 0 Å². The molecule has 1 fully saturated rings. The van der Waals surface area contributed by atoms with E-state index in [-0.39, 0.29) is 0 Å². The van der Waals surface area contributed by atoms with Crippen LogP contribution < -0.4 is 11.3 Å². The molecule has 1 heterocycles. The van der Waals surface area contributed by atoms with E-state index in [4.69, 9.17) is 5.84 Å². The number of aryl methyl sites for hydroxylation is 2. The molecule has 80 valence electrons. The van der Waals surface area contributed by atoms with Crippen LogP contribution in [0.4, 0.5) is 0 Å². The minimum absolute atomic E-state index is 0.434. The predicted molar refractivity (Wildman–Crippen MR) is 58.4 cm³/mol. The zero-order chi connectivity index (χ0) is 10.8. The van der Waals surface area contributed by atoms with Gasteiger partial charge in [-0.2, -0.15) is 10.2 Å². The number of nitrogens with two attached hydrogens (primary N) is 1. The molecule has 0 bridgehead atoms. The van der Waals surface area contributed by atoms with Gasteiger partial charge in [-0.25, -0.2) is 5.84 Å². The fourth-order valence-corrected chi connectivity index (χ4v) is 1.36. The maximum Gasteiger partial charge on any atom is 0.144 e. The summed E-state index contributed by atoms with van der Waals surface area (Å²) in [5.74, 6) is 6.19. The van der Waals surface area contributed by atoms with Gasteiger partial charge in [0.15, 0.2) is 0 Å². The molecule has 0 aromatic carbocycles. The fraction of sp³-hybridized carbons (Fsp3) is 0.500. The van der Waals surface area contributed by atoms with Gasteiger partial charge in [-0.1, -0.05) is 0 Å². The second-order valence-electron chi connectivity index (χ2n) is 3.84. The molecule has 1 aromatic rings. The van der Waals surface area contributed by atoms with Crippen molar-refractivity contribution in [3.05, 3.63) is 23.0 Å². The Bertz CT molecular complexity index is 395. The largest absolute Gasteiger partial charge is 0.308 e. The molecular formula is C10H15N5. The molecule has 3 N–H and O–H groups in total. The monoisotopic (exact) mass is 205 g/mol. The third kappa shape index (κ3) is 2.30. The van der Waals surface area contributed by atoms with E-state index in [1.54, 1.807) is 0 Å². The van der Waals surface area contributed by atoms with E-state index in [1.165, 1.54) is 0 Å². The number of aromatic nitrogens is 2. The Kier molecular flexibility index (Phi) is 2.64. The van der Waals surface area contributed by atoms with Crippen molar-refractivity contribution in [3.63, 3.8) is 0 Å². The van der Waals surface area contributed by atoms with Crippen LogP contribution in [0.1, 0.15) is 29.8 Å². The summed E-state index contributed by atoms with van der Waals surface area (Å²) >= 11 is 0. The van der Waals surface area contributed by atoms with Crippen LogP contribution in [0, 0.1) is 13.8 Å². The summed E-state index contributed by atoms with van der Waals surface area (Å²) in [6.07, 6.45) is 2.31. The van der Waals surface area contributed by atoms with Crippen molar-refractivity contribution >= 4 is 5.84 Å². The van der Waals surface area contributed by atoms with Crippen LogP contribution in [0.3, 0.4) is 0 Å². The highest BCUT2D eigenvalue weighted by Crippen LogP contribution is 2.24. The Morgan fingerprint density at radius 3 is 2.80 bits per heavy atom. The maximum atomic E-state index is 5.47. The summed E-state index contributed by atoms with van der Waals surface area (Å²) in [6, 6.07) is 2.38. The lowest BCUT2D eigenvalue weighted by Gasteiger charge is -2.08. The van der Waals surface area contributed by atoms with E-state index in [0.29, 0.717) is 11.9 Å².